The van der Waals surface area contributed by atoms with Crippen LogP contribution >= 0.6 is 15.9 Å². The molecule has 2 nitrogen and oxygen atoms in total. The standard InChI is InChI=1S/C20H34BrNOSi/c1-14-10-11-16(21)15-12-20(7,22-19(5,6)17(14)15)13-23-24(8,9)18(2,3)4/h10-11,22H,12-13H2,1-9H3/t20-/m1/s1. The molecule has 0 fully saturated rings. The van der Waals surface area contributed by atoms with E-state index in [2.05, 4.69) is 94.9 Å². The molecular weight excluding hydrogens is 378 g/mol. The van der Waals surface area contributed by atoms with Crippen molar-refractivity contribution in [3.05, 3.63) is 33.3 Å². The van der Waals surface area contributed by atoms with Crippen LogP contribution in [0.25, 0.3) is 0 Å². The monoisotopic (exact) mass is 411 g/mol. The molecule has 0 saturated carbocycles. The SMILES string of the molecule is Cc1ccc(Br)c2c1C(C)(C)N[C@@](C)(CO[Si](C)(C)C(C)(C)C)C2. The first-order valence-electron chi connectivity index (χ1n) is 8.90. The van der Waals surface area contributed by atoms with E-state index in [1.54, 1.807) is 0 Å². The van der Waals surface area contributed by atoms with E-state index in [1.165, 1.54) is 21.2 Å². The molecule has 4 heteroatoms. The summed E-state index contributed by atoms with van der Waals surface area (Å²) < 4.78 is 7.79. The van der Waals surface area contributed by atoms with Crippen LogP contribution < -0.4 is 5.32 Å². The van der Waals surface area contributed by atoms with Gasteiger partial charge in [0.1, 0.15) is 0 Å². The van der Waals surface area contributed by atoms with E-state index in [0.29, 0.717) is 0 Å². The molecule has 0 amide bonds. The molecule has 0 unspecified atom stereocenters. The number of nitrogens with one attached hydrogen (secondary N) is 1. The highest BCUT2D eigenvalue weighted by atomic mass is 79.9. The summed E-state index contributed by atoms with van der Waals surface area (Å²) in [7, 11) is -1.75. The third-order valence-corrected chi connectivity index (χ3v) is 11.0. The summed E-state index contributed by atoms with van der Waals surface area (Å²) in [6.45, 7) is 21.4. The van der Waals surface area contributed by atoms with Crippen LogP contribution in [-0.4, -0.2) is 20.5 Å². The van der Waals surface area contributed by atoms with Crippen molar-refractivity contribution in [3.63, 3.8) is 0 Å². The summed E-state index contributed by atoms with van der Waals surface area (Å²) >= 11 is 3.78. The number of hydrogen-bond acceptors (Lipinski definition) is 2. The molecule has 136 valence electrons. The van der Waals surface area contributed by atoms with Gasteiger partial charge in [0.2, 0.25) is 0 Å². The number of fused-ring (bicyclic) bond motifs is 1. The minimum absolute atomic E-state index is 0.0532. The Kier molecular flexibility index (Phi) is 5.22. The summed E-state index contributed by atoms with van der Waals surface area (Å²) in [5.41, 5.74) is 4.11. The molecule has 0 radical (unpaired) electrons. The predicted molar refractivity (Wildman–Crippen MR) is 110 cm³/mol. The van der Waals surface area contributed by atoms with Crippen LogP contribution in [0.5, 0.6) is 0 Å². The van der Waals surface area contributed by atoms with Crippen LogP contribution in [0.2, 0.25) is 18.1 Å². The Balaban J connectivity index is 2.32. The van der Waals surface area contributed by atoms with E-state index < -0.39 is 8.32 Å². The zero-order chi connectivity index (χ0) is 18.6. The predicted octanol–water partition coefficient (Wildman–Crippen LogP) is 5.92. The first kappa shape index (κ1) is 20.2. The van der Waals surface area contributed by atoms with Crippen molar-refractivity contribution in [1.82, 2.24) is 5.32 Å². The quantitative estimate of drug-likeness (QED) is 0.623. The summed E-state index contributed by atoms with van der Waals surface area (Å²) in [6, 6.07) is 4.39. The fourth-order valence-corrected chi connectivity index (χ4v) is 5.26. The Morgan fingerprint density at radius 1 is 1.21 bits per heavy atom. The van der Waals surface area contributed by atoms with Gasteiger partial charge in [-0.05, 0) is 75.0 Å². The van der Waals surface area contributed by atoms with E-state index in [4.69, 9.17) is 4.43 Å². The van der Waals surface area contributed by atoms with Crippen LogP contribution in [0.3, 0.4) is 0 Å². The van der Waals surface area contributed by atoms with E-state index in [1.807, 2.05) is 0 Å². The molecule has 1 aliphatic heterocycles. The molecule has 0 spiro atoms. The minimum atomic E-state index is -1.75. The first-order chi connectivity index (χ1) is 10.7. The van der Waals surface area contributed by atoms with Crippen LogP contribution in [0.15, 0.2) is 16.6 Å². The smallest absolute Gasteiger partial charge is 0.192 e. The average molecular weight is 412 g/mol. The molecule has 1 aromatic rings. The fraction of sp³-hybridized carbons (Fsp3) is 0.700. The zero-order valence-corrected chi connectivity index (χ0v) is 19.4. The maximum absolute atomic E-state index is 6.58. The van der Waals surface area contributed by atoms with Gasteiger partial charge in [0.05, 0.1) is 6.61 Å². The van der Waals surface area contributed by atoms with Crippen LogP contribution in [0.1, 0.15) is 58.2 Å². The van der Waals surface area contributed by atoms with Crippen LogP contribution in [0.4, 0.5) is 0 Å². The zero-order valence-electron chi connectivity index (χ0n) is 16.9. The number of halogens is 1. The second kappa shape index (κ2) is 6.22. The Bertz CT molecular complexity index is 633. The van der Waals surface area contributed by atoms with Gasteiger partial charge in [0.15, 0.2) is 8.32 Å². The van der Waals surface area contributed by atoms with Crippen LogP contribution in [0, 0.1) is 6.92 Å². The highest BCUT2D eigenvalue weighted by Crippen LogP contribution is 2.41. The van der Waals surface area contributed by atoms with Crippen molar-refractivity contribution < 1.29 is 4.43 Å². The second-order valence-electron chi connectivity index (χ2n) is 9.75. The summed E-state index contributed by atoms with van der Waals surface area (Å²) in [5, 5.41) is 4.13. The molecule has 1 aliphatic rings. The molecule has 2 rings (SSSR count). The number of hydrogen-bond donors (Lipinski definition) is 1. The molecule has 1 aromatic carbocycles. The lowest BCUT2D eigenvalue weighted by Crippen LogP contribution is -2.61. The maximum atomic E-state index is 6.58. The molecule has 1 atom stereocenters. The van der Waals surface area contributed by atoms with Gasteiger partial charge in [-0.25, -0.2) is 0 Å². The van der Waals surface area contributed by atoms with E-state index >= 15 is 0 Å². The van der Waals surface area contributed by atoms with Gasteiger partial charge in [0.25, 0.3) is 0 Å². The number of rotatable bonds is 3. The molecule has 0 saturated heterocycles. The molecule has 24 heavy (non-hydrogen) atoms. The van der Waals surface area contributed by atoms with Crippen molar-refractivity contribution in [2.45, 2.75) is 84.1 Å². The Labute approximate surface area is 158 Å². The van der Waals surface area contributed by atoms with Gasteiger partial charge < -0.3 is 9.74 Å². The fourth-order valence-electron chi connectivity index (χ4n) is 3.68. The van der Waals surface area contributed by atoms with Gasteiger partial charge in [-0.2, -0.15) is 0 Å². The highest BCUT2D eigenvalue weighted by Gasteiger charge is 2.44. The molecule has 1 N–H and O–H groups in total. The van der Waals surface area contributed by atoms with Gasteiger partial charge in [-0.1, -0.05) is 42.8 Å². The molecule has 1 heterocycles. The van der Waals surface area contributed by atoms with Crippen molar-refractivity contribution >= 4 is 24.2 Å². The Morgan fingerprint density at radius 2 is 1.79 bits per heavy atom. The summed E-state index contributed by atoms with van der Waals surface area (Å²) in [6.07, 6.45) is 0.989. The molecule has 0 aliphatic carbocycles. The Morgan fingerprint density at radius 3 is 2.33 bits per heavy atom. The van der Waals surface area contributed by atoms with Gasteiger partial charge in [-0.15, -0.1) is 0 Å². The van der Waals surface area contributed by atoms with E-state index in [9.17, 15) is 0 Å². The normalized spacial score (nSPS) is 23.9. The van der Waals surface area contributed by atoms with Gasteiger partial charge >= 0.3 is 0 Å². The largest absolute Gasteiger partial charge is 0.415 e. The third-order valence-electron chi connectivity index (χ3n) is 5.83. The van der Waals surface area contributed by atoms with Crippen molar-refractivity contribution in [1.29, 1.82) is 0 Å². The number of aryl methyl sites for hydroxylation is 1. The third kappa shape index (κ3) is 3.82. The average Bonchev–Trinajstić information content (AvgIpc) is 2.38. The van der Waals surface area contributed by atoms with Crippen molar-refractivity contribution in [2.24, 2.45) is 0 Å². The molecular formula is C20H34BrNOSi. The second-order valence-corrected chi connectivity index (χ2v) is 15.4. The van der Waals surface area contributed by atoms with Gasteiger partial charge in [0, 0.05) is 15.6 Å². The summed E-state index contributed by atoms with van der Waals surface area (Å²) in [4.78, 5) is 0. The molecule has 0 aromatic heterocycles. The lowest BCUT2D eigenvalue weighted by Gasteiger charge is -2.48. The minimum Gasteiger partial charge on any atom is -0.415 e. The first-order valence-corrected chi connectivity index (χ1v) is 12.6. The molecule has 0 bridgehead atoms. The van der Waals surface area contributed by atoms with Gasteiger partial charge in [-0.3, -0.25) is 0 Å². The lowest BCUT2D eigenvalue weighted by molar-refractivity contribution is 0.131. The number of benzene rings is 1. The Hall–Kier alpha value is -0.163. The van der Waals surface area contributed by atoms with E-state index in [-0.39, 0.29) is 16.1 Å². The van der Waals surface area contributed by atoms with Crippen molar-refractivity contribution in [2.75, 3.05) is 6.61 Å². The van der Waals surface area contributed by atoms with Crippen molar-refractivity contribution in [3.8, 4) is 0 Å². The topological polar surface area (TPSA) is 21.3 Å². The van der Waals surface area contributed by atoms with Crippen LogP contribution in [-0.2, 0) is 16.4 Å². The maximum Gasteiger partial charge on any atom is 0.192 e. The summed E-state index contributed by atoms with van der Waals surface area (Å²) in [5.74, 6) is 0. The lowest BCUT2D eigenvalue weighted by atomic mass is 9.75. The highest BCUT2D eigenvalue weighted by molar-refractivity contribution is 9.10. The van der Waals surface area contributed by atoms with E-state index in [0.717, 1.165) is 13.0 Å².